The van der Waals surface area contributed by atoms with Gasteiger partial charge in [0.1, 0.15) is 0 Å². The van der Waals surface area contributed by atoms with Crippen LogP contribution >= 0.6 is 0 Å². The molecule has 0 unspecified atom stereocenters. The van der Waals surface area contributed by atoms with E-state index < -0.39 is 0 Å². The predicted molar refractivity (Wildman–Crippen MR) is 94.2 cm³/mol. The third-order valence-electron chi connectivity index (χ3n) is 3.80. The molecular weight excluding hydrogens is 318 g/mol. The molecule has 0 saturated carbocycles. The van der Waals surface area contributed by atoms with Crippen molar-refractivity contribution in [3.63, 3.8) is 0 Å². The molecular formula is C18H17N5O2. The fourth-order valence-corrected chi connectivity index (χ4v) is 2.57. The molecule has 0 aliphatic carbocycles. The van der Waals surface area contributed by atoms with Crippen molar-refractivity contribution in [3.8, 4) is 11.5 Å². The number of aromatic nitrogens is 3. The SMILES string of the molecule is CN(Cc1ccccc1)c1nncc(Nc2ccc3c(c2)OCO3)n1. The maximum atomic E-state index is 5.39. The van der Waals surface area contributed by atoms with Gasteiger partial charge < -0.3 is 19.7 Å². The van der Waals surface area contributed by atoms with E-state index in [1.54, 1.807) is 6.20 Å². The van der Waals surface area contributed by atoms with Crippen molar-refractivity contribution in [3.05, 3.63) is 60.3 Å². The number of anilines is 3. The summed E-state index contributed by atoms with van der Waals surface area (Å²) in [5, 5.41) is 11.4. The second kappa shape index (κ2) is 6.64. The standard InChI is InChI=1S/C18H17N5O2/c1-23(11-13-5-3-2-4-6-13)18-21-17(10-19-22-18)20-14-7-8-15-16(9-14)25-12-24-15/h2-10H,11-12H2,1H3,(H,20,21,22). The van der Waals surface area contributed by atoms with Crippen LogP contribution < -0.4 is 19.7 Å². The Kier molecular flexibility index (Phi) is 4.04. The Morgan fingerprint density at radius 3 is 2.80 bits per heavy atom. The Balaban J connectivity index is 1.49. The Morgan fingerprint density at radius 1 is 1.08 bits per heavy atom. The third-order valence-corrected chi connectivity index (χ3v) is 3.80. The van der Waals surface area contributed by atoms with E-state index in [9.17, 15) is 0 Å². The zero-order valence-electron chi connectivity index (χ0n) is 13.7. The van der Waals surface area contributed by atoms with Crippen LogP contribution in [0.3, 0.4) is 0 Å². The molecule has 1 N–H and O–H groups in total. The zero-order chi connectivity index (χ0) is 17.1. The minimum Gasteiger partial charge on any atom is -0.454 e. The molecule has 2 aromatic carbocycles. The molecule has 1 aromatic heterocycles. The van der Waals surface area contributed by atoms with Crippen LogP contribution in [0.1, 0.15) is 5.56 Å². The van der Waals surface area contributed by atoms with Crippen LogP contribution in [0.15, 0.2) is 54.7 Å². The summed E-state index contributed by atoms with van der Waals surface area (Å²) < 4.78 is 10.7. The molecule has 0 bridgehead atoms. The molecule has 126 valence electrons. The van der Waals surface area contributed by atoms with E-state index in [-0.39, 0.29) is 6.79 Å². The lowest BCUT2D eigenvalue weighted by molar-refractivity contribution is 0.174. The lowest BCUT2D eigenvalue weighted by Gasteiger charge is -2.17. The topological polar surface area (TPSA) is 72.4 Å². The van der Waals surface area contributed by atoms with Gasteiger partial charge in [0.25, 0.3) is 0 Å². The summed E-state index contributed by atoms with van der Waals surface area (Å²) in [5.74, 6) is 2.63. The maximum absolute atomic E-state index is 5.39. The number of hydrogen-bond donors (Lipinski definition) is 1. The predicted octanol–water partition coefficient (Wildman–Crippen LogP) is 2.98. The molecule has 3 aromatic rings. The molecule has 1 aliphatic rings. The molecule has 0 saturated heterocycles. The second-order valence-corrected chi connectivity index (χ2v) is 5.68. The highest BCUT2D eigenvalue weighted by molar-refractivity contribution is 5.61. The monoisotopic (exact) mass is 335 g/mol. The van der Waals surface area contributed by atoms with Gasteiger partial charge in [0.15, 0.2) is 17.3 Å². The molecule has 0 spiro atoms. The average Bonchev–Trinajstić information content (AvgIpc) is 3.10. The number of fused-ring (bicyclic) bond motifs is 1. The molecule has 0 atom stereocenters. The lowest BCUT2D eigenvalue weighted by atomic mass is 10.2. The highest BCUT2D eigenvalue weighted by Crippen LogP contribution is 2.34. The Labute approximate surface area is 145 Å². The van der Waals surface area contributed by atoms with Crippen LogP contribution in [-0.4, -0.2) is 29.0 Å². The smallest absolute Gasteiger partial charge is 0.247 e. The highest BCUT2D eigenvalue weighted by atomic mass is 16.7. The first kappa shape index (κ1) is 15.2. The first-order valence-corrected chi connectivity index (χ1v) is 7.89. The van der Waals surface area contributed by atoms with E-state index in [1.807, 2.05) is 48.3 Å². The molecule has 1 aliphatic heterocycles. The number of rotatable bonds is 5. The van der Waals surface area contributed by atoms with Crippen LogP contribution in [0.4, 0.5) is 17.5 Å². The number of nitrogens with one attached hydrogen (secondary N) is 1. The van der Waals surface area contributed by atoms with Crippen LogP contribution in [0.5, 0.6) is 11.5 Å². The van der Waals surface area contributed by atoms with E-state index >= 15 is 0 Å². The normalized spacial score (nSPS) is 12.0. The van der Waals surface area contributed by atoms with Crippen LogP contribution in [0.25, 0.3) is 0 Å². The maximum Gasteiger partial charge on any atom is 0.247 e. The fraction of sp³-hybridized carbons (Fsp3) is 0.167. The number of benzene rings is 2. The summed E-state index contributed by atoms with van der Waals surface area (Å²) in [5.41, 5.74) is 2.03. The molecule has 7 heteroatoms. The van der Waals surface area contributed by atoms with Crippen molar-refractivity contribution < 1.29 is 9.47 Å². The summed E-state index contributed by atoms with van der Waals surface area (Å²) >= 11 is 0. The first-order chi connectivity index (χ1) is 12.3. The summed E-state index contributed by atoms with van der Waals surface area (Å²) in [6, 6.07) is 15.8. The Morgan fingerprint density at radius 2 is 1.92 bits per heavy atom. The molecule has 25 heavy (non-hydrogen) atoms. The number of ether oxygens (including phenoxy) is 2. The molecule has 0 radical (unpaired) electrons. The molecule has 0 amide bonds. The van der Waals surface area contributed by atoms with Gasteiger partial charge in [0.2, 0.25) is 12.7 Å². The van der Waals surface area contributed by atoms with Gasteiger partial charge in [-0.3, -0.25) is 0 Å². The van der Waals surface area contributed by atoms with E-state index in [4.69, 9.17) is 9.47 Å². The van der Waals surface area contributed by atoms with Crippen molar-refractivity contribution in [2.45, 2.75) is 6.54 Å². The molecule has 2 heterocycles. The average molecular weight is 335 g/mol. The summed E-state index contributed by atoms with van der Waals surface area (Å²) in [4.78, 5) is 6.48. The quantitative estimate of drug-likeness (QED) is 0.768. The minimum atomic E-state index is 0.252. The van der Waals surface area contributed by atoms with E-state index in [1.165, 1.54) is 5.56 Å². The van der Waals surface area contributed by atoms with E-state index in [0.29, 0.717) is 24.1 Å². The summed E-state index contributed by atoms with van der Waals surface area (Å²) in [6.45, 7) is 0.957. The van der Waals surface area contributed by atoms with Gasteiger partial charge in [-0.1, -0.05) is 30.3 Å². The Hall–Kier alpha value is -3.35. The molecule has 4 rings (SSSR count). The number of hydrogen-bond acceptors (Lipinski definition) is 7. The first-order valence-electron chi connectivity index (χ1n) is 7.89. The minimum absolute atomic E-state index is 0.252. The van der Waals surface area contributed by atoms with E-state index in [2.05, 4.69) is 32.6 Å². The van der Waals surface area contributed by atoms with Crippen molar-refractivity contribution in [1.29, 1.82) is 0 Å². The van der Waals surface area contributed by atoms with Crippen molar-refractivity contribution in [2.75, 3.05) is 24.1 Å². The van der Waals surface area contributed by atoms with Crippen molar-refractivity contribution in [1.82, 2.24) is 15.2 Å². The van der Waals surface area contributed by atoms with Gasteiger partial charge in [0.05, 0.1) is 6.20 Å². The fourth-order valence-electron chi connectivity index (χ4n) is 2.57. The molecule has 0 fully saturated rings. The van der Waals surface area contributed by atoms with Gasteiger partial charge in [0, 0.05) is 25.3 Å². The van der Waals surface area contributed by atoms with Gasteiger partial charge in [-0.05, 0) is 17.7 Å². The van der Waals surface area contributed by atoms with Crippen molar-refractivity contribution in [2.24, 2.45) is 0 Å². The number of nitrogens with zero attached hydrogens (tertiary/aromatic N) is 4. The van der Waals surface area contributed by atoms with Gasteiger partial charge in [-0.2, -0.15) is 10.1 Å². The van der Waals surface area contributed by atoms with Crippen LogP contribution in [0, 0.1) is 0 Å². The lowest BCUT2D eigenvalue weighted by Crippen LogP contribution is -2.19. The summed E-state index contributed by atoms with van der Waals surface area (Å²) in [6.07, 6.45) is 1.59. The highest BCUT2D eigenvalue weighted by Gasteiger charge is 2.14. The molecule has 7 nitrogen and oxygen atoms in total. The zero-order valence-corrected chi connectivity index (χ0v) is 13.7. The van der Waals surface area contributed by atoms with Gasteiger partial charge in [-0.25, -0.2) is 0 Å². The largest absolute Gasteiger partial charge is 0.454 e. The van der Waals surface area contributed by atoms with Crippen LogP contribution in [0.2, 0.25) is 0 Å². The second-order valence-electron chi connectivity index (χ2n) is 5.68. The third kappa shape index (κ3) is 3.45. The van der Waals surface area contributed by atoms with Crippen LogP contribution in [-0.2, 0) is 6.54 Å². The van der Waals surface area contributed by atoms with Crippen molar-refractivity contribution >= 4 is 17.5 Å². The van der Waals surface area contributed by atoms with Gasteiger partial charge >= 0.3 is 0 Å². The Bertz CT molecular complexity index is 872. The van der Waals surface area contributed by atoms with Gasteiger partial charge in [-0.15, -0.1) is 5.10 Å². The summed E-state index contributed by atoms with van der Waals surface area (Å²) in [7, 11) is 1.94. The van der Waals surface area contributed by atoms with E-state index in [0.717, 1.165) is 11.4 Å².